The minimum Gasteiger partial charge on any atom is -0.497 e. The van der Waals surface area contributed by atoms with Crippen LogP contribution in [0, 0.1) is 0 Å². The first-order chi connectivity index (χ1) is 14.7. The van der Waals surface area contributed by atoms with Crippen LogP contribution in [0.15, 0.2) is 60.8 Å². The van der Waals surface area contributed by atoms with Gasteiger partial charge < -0.3 is 18.9 Å². The number of methoxy groups -OCH3 is 3. The fraction of sp³-hybridized carbons (Fsp3) is 0.174. The van der Waals surface area contributed by atoms with Gasteiger partial charge in [0.05, 0.1) is 21.3 Å². The Morgan fingerprint density at radius 2 is 1.67 bits per heavy atom. The first-order valence-corrected chi connectivity index (χ1v) is 9.32. The Balaban J connectivity index is 1.72. The van der Waals surface area contributed by atoms with Crippen molar-refractivity contribution in [1.29, 1.82) is 0 Å². The average Bonchev–Trinajstić information content (AvgIpc) is 2.82. The van der Waals surface area contributed by atoms with Gasteiger partial charge in [0.25, 0.3) is 0 Å². The number of hydrogen-bond acceptors (Lipinski definition) is 7. The summed E-state index contributed by atoms with van der Waals surface area (Å²) in [6, 6.07) is 17.0. The summed E-state index contributed by atoms with van der Waals surface area (Å²) in [6.45, 7) is 0.362. The summed E-state index contributed by atoms with van der Waals surface area (Å²) in [5, 5.41) is 0.890. The molecule has 0 aliphatic carbocycles. The molecular weight excluding hydrogens is 382 g/mol. The first kappa shape index (κ1) is 19.4. The third-order valence-corrected chi connectivity index (χ3v) is 4.56. The topological polar surface area (TPSA) is 75.6 Å². The maximum absolute atomic E-state index is 6.12. The van der Waals surface area contributed by atoms with Gasteiger partial charge in [-0.25, -0.2) is 9.97 Å². The maximum Gasteiger partial charge on any atom is 0.216 e. The van der Waals surface area contributed by atoms with Crippen LogP contribution in [0.4, 0.5) is 0 Å². The molecule has 0 unspecified atom stereocenters. The summed E-state index contributed by atoms with van der Waals surface area (Å²) in [7, 11) is 4.83. The van der Waals surface area contributed by atoms with Gasteiger partial charge in [-0.15, -0.1) is 0 Å². The monoisotopic (exact) mass is 403 g/mol. The molecule has 0 fully saturated rings. The lowest BCUT2D eigenvalue weighted by atomic mass is 10.1. The molecule has 0 amide bonds. The summed E-state index contributed by atoms with van der Waals surface area (Å²) in [4.78, 5) is 13.4. The largest absolute Gasteiger partial charge is 0.497 e. The Kier molecular flexibility index (Phi) is 5.61. The van der Waals surface area contributed by atoms with Crippen LogP contribution >= 0.6 is 0 Å². The highest BCUT2D eigenvalue weighted by Crippen LogP contribution is 2.32. The minimum atomic E-state index is 0.362. The molecule has 7 heteroatoms. The van der Waals surface area contributed by atoms with E-state index in [0.717, 1.165) is 16.7 Å². The highest BCUT2D eigenvalue weighted by Gasteiger charge is 2.12. The van der Waals surface area contributed by atoms with Crippen molar-refractivity contribution in [3.8, 4) is 34.6 Å². The summed E-state index contributed by atoms with van der Waals surface area (Å²) in [6.07, 6.45) is 1.64. The molecule has 152 valence electrons. The normalized spacial score (nSPS) is 10.6. The highest BCUT2D eigenvalue weighted by molar-refractivity contribution is 5.87. The molecule has 0 aliphatic rings. The van der Waals surface area contributed by atoms with Crippen LogP contribution in [-0.2, 0) is 6.61 Å². The van der Waals surface area contributed by atoms with E-state index in [1.54, 1.807) is 33.6 Å². The van der Waals surface area contributed by atoms with Crippen molar-refractivity contribution in [3.05, 3.63) is 66.4 Å². The summed E-state index contributed by atoms with van der Waals surface area (Å²) >= 11 is 0. The lowest BCUT2D eigenvalue weighted by molar-refractivity contribution is 0.306. The van der Waals surface area contributed by atoms with Crippen molar-refractivity contribution in [1.82, 2.24) is 15.0 Å². The Morgan fingerprint density at radius 1 is 0.800 bits per heavy atom. The second-order valence-electron chi connectivity index (χ2n) is 6.46. The van der Waals surface area contributed by atoms with Gasteiger partial charge in [0.15, 0.2) is 5.82 Å². The SMILES string of the molecule is COc1cccc(COc2cc(OC)cc3ccc(-c4nccc(OC)n4)nc23)c1. The molecule has 0 saturated carbocycles. The molecule has 30 heavy (non-hydrogen) atoms. The molecule has 0 aliphatic heterocycles. The quantitative estimate of drug-likeness (QED) is 0.455. The van der Waals surface area contributed by atoms with Crippen molar-refractivity contribution in [2.75, 3.05) is 21.3 Å². The molecule has 2 aromatic carbocycles. The number of ether oxygens (including phenoxy) is 4. The van der Waals surface area contributed by atoms with Crippen LogP contribution in [-0.4, -0.2) is 36.3 Å². The smallest absolute Gasteiger partial charge is 0.216 e. The molecule has 7 nitrogen and oxygen atoms in total. The van der Waals surface area contributed by atoms with Gasteiger partial charge in [0, 0.05) is 23.7 Å². The Hall–Kier alpha value is -3.87. The number of fused-ring (bicyclic) bond motifs is 1. The van der Waals surface area contributed by atoms with E-state index in [1.165, 1.54) is 0 Å². The van der Waals surface area contributed by atoms with E-state index in [1.807, 2.05) is 48.5 Å². The number of benzene rings is 2. The lowest BCUT2D eigenvalue weighted by Gasteiger charge is -2.12. The van der Waals surface area contributed by atoms with Crippen molar-refractivity contribution < 1.29 is 18.9 Å². The minimum absolute atomic E-state index is 0.362. The average molecular weight is 403 g/mol. The molecule has 0 N–H and O–H groups in total. The zero-order chi connectivity index (χ0) is 20.9. The van der Waals surface area contributed by atoms with E-state index >= 15 is 0 Å². The molecule has 0 bridgehead atoms. The Bertz CT molecular complexity index is 1180. The van der Waals surface area contributed by atoms with Crippen molar-refractivity contribution >= 4 is 10.9 Å². The second kappa shape index (κ2) is 8.65. The fourth-order valence-corrected chi connectivity index (χ4v) is 3.03. The summed E-state index contributed by atoms with van der Waals surface area (Å²) in [5.74, 6) is 3.03. The Labute approximate surface area is 174 Å². The van der Waals surface area contributed by atoms with E-state index in [4.69, 9.17) is 23.9 Å². The van der Waals surface area contributed by atoms with Gasteiger partial charge in [-0.2, -0.15) is 4.98 Å². The zero-order valence-corrected chi connectivity index (χ0v) is 17.0. The zero-order valence-electron chi connectivity index (χ0n) is 17.0. The molecule has 0 atom stereocenters. The summed E-state index contributed by atoms with van der Waals surface area (Å²) < 4.78 is 22.0. The van der Waals surface area contributed by atoms with Gasteiger partial charge in [0.2, 0.25) is 5.88 Å². The van der Waals surface area contributed by atoms with Gasteiger partial charge in [-0.05, 0) is 29.8 Å². The van der Waals surface area contributed by atoms with Gasteiger partial charge >= 0.3 is 0 Å². The molecule has 2 heterocycles. The van der Waals surface area contributed by atoms with Crippen molar-refractivity contribution in [3.63, 3.8) is 0 Å². The maximum atomic E-state index is 6.12. The van der Waals surface area contributed by atoms with E-state index in [-0.39, 0.29) is 0 Å². The molecule has 2 aromatic heterocycles. The molecule has 0 radical (unpaired) electrons. The third kappa shape index (κ3) is 4.10. The number of aromatic nitrogens is 3. The van der Waals surface area contributed by atoms with Gasteiger partial charge in [0.1, 0.15) is 35.1 Å². The van der Waals surface area contributed by atoms with E-state index in [2.05, 4.69) is 9.97 Å². The van der Waals surface area contributed by atoms with Crippen LogP contribution in [0.3, 0.4) is 0 Å². The van der Waals surface area contributed by atoms with E-state index < -0.39 is 0 Å². The fourth-order valence-electron chi connectivity index (χ4n) is 3.03. The summed E-state index contributed by atoms with van der Waals surface area (Å²) in [5.41, 5.74) is 2.30. The predicted octanol–water partition coefficient (Wildman–Crippen LogP) is 4.30. The van der Waals surface area contributed by atoms with Gasteiger partial charge in [-0.1, -0.05) is 18.2 Å². The molecule has 0 spiro atoms. The van der Waals surface area contributed by atoms with Crippen molar-refractivity contribution in [2.24, 2.45) is 0 Å². The van der Waals surface area contributed by atoms with E-state index in [9.17, 15) is 0 Å². The molecule has 4 rings (SSSR count). The molecule has 4 aromatic rings. The number of hydrogen-bond donors (Lipinski definition) is 0. The van der Waals surface area contributed by atoms with Crippen LogP contribution in [0.25, 0.3) is 22.4 Å². The second-order valence-corrected chi connectivity index (χ2v) is 6.46. The number of nitrogens with zero attached hydrogens (tertiary/aromatic N) is 3. The number of pyridine rings is 1. The first-order valence-electron chi connectivity index (χ1n) is 9.32. The standard InChI is InChI=1S/C23H21N3O4/c1-27-17-6-4-5-15(11-17)14-30-20-13-18(28-2)12-16-7-8-19(25-22(16)20)23-24-10-9-21(26-23)29-3/h4-13H,14H2,1-3H3. The lowest BCUT2D eigenvalue weighted by Crippen LogP contribution is -1.99. The van der Waals surface area contributed by atoms with Crippen LogP contribution in [0.1, 0.15) is 5.56 Å². The Morgan fingerprint density at radius 3 is 2.47 bits per heavy atom. The third-order valence-electron chi connectivity index (χ3n) is 4.56. The van der Waals surface area contributed by atoms with Crippen LogP contribution in [0.5, 0.6) is 23.1 Å². The molecular formula is C23H21N3O4. The highest BCUT2D eigenvalue weighted by atomic mass is 16.5. The predicted molar refractivity (Wildman–Crippen MR) is 113 cm³/mol. The number of rotatable bonds is 7. The molecule has 0 saturated heterocycles. The van der Waals surface area contributed by atoms with E-state index in [0.29, 0.717) is 41.0 Å². The van der Waals surface area contributed by atoms with Crippen molar-refractivity contribution in [2.45, 2.75) is 6.61 Å². The van der Waals surface area contributed by atoms with Crippen LogP contribution < -0.4 is 18.9 Å². The van der Waals surface area contributed by atoms with Gasteiger partial charge in [-0.3, -0.25) is 0 Å². The van der Waals surface area contributed by atoms with Crippen LogP contribution in [0.2, 0.25) is 0 Å².